The molecular formula is C10H15NO3. The lowest BCUT2D eigenvalue weighted by atomic mass is 9.99. The van der Waals surface area contributed by atoms with Crippen LogP contribution in [0.15, 0.2) is 12.1 Å². The maximum Gasteiger partial charge on any atom is 0.127 e. The van der Waals surface area contributed by atoms with Crippen LogP contribution in [0.2, 0.25) is 0 Å². The molecule has 0 bridgehead atoms. The maximum absolute atomic E-state index is 9.65. The van der Waals surface area contributed by atoms with Crippen LogP contribution in [-0.2, 0) is 0 Å². The predicted molar refractivity (Wildman–Crippen MR) is 53.1 cm³/mol. The number of phenols is 2. The van der Waals surface area contributed by atoms with Crippen LogP contribution < -0.4 is 5.73 Å². The molecule has 0 aliphatic carbocycles. The zero-order valence-electron chi connectivity index (χ0n) is 8.23. The van der Waals surface area contributed by atoms with Gasteiger partial charge in [0.2, 0.25) is 0 Å². The van der Waals surface area contributed by atoms with Crippen molar-refractivity contribution in [3.63, 3.8) is 0 Å². The van der Waals surface area contributed by atoms with E-state index in [1.807, 2.05) is 0 Å². The molecule has 0 saturated heterocycles. The lowest BCUT2D eigenvalue weighted by Crippen LogP contribution is -2.23. The number of benzene rings is 1. The zero-order chi connectivity index (χ0) is 10.9. The molecule has 0 aromatic heterocycles. The summed E-state index contributed by atoms with van der Waals surface area (Å²) in [5.41, 5.74) is 6.48. The minimum atomic E-state index is -0.746. The second kappa shape index (κ2) is 3.86. The number of hydrogen-bond acceptors (Lipinski definition) is 4. The van der Waals surface area contributed by atoms with Crippen LogP contribution in [0.4, 0.5) is 0 Å². The first-order valence-electron chi connectivity index (χ1n) is 4.40. The van der Waals surface area contributed by atoms with Crippen LogP contribution in [0.1, 0.15) is 24.1 Å². The van der Waals surface area contributed by atoms with Crippen molar-refractivity contribution in [3.8, 4) is 11.5 Å². The van der Waals surface area contributed by atoms with Gasteiger partial charge in [0.1, 0.15) is 11.5 Å². The Morgan fingerprint density at radius 3 is 2.36 bits per heavy atom. The Bertz CT molecular complexity index is 336. The average Bonchev–Trinajstić information content (AvgIpc) is 2.13. The molecular weight excluding hydrogens is 182 g/mol. The molecule has 0 saturated carbocycles. The monoisotopic (exact) mass is 197 g/mol. The quantitative estimate of drug-likeness (QED) is 0.564. The van der Waals surface area contributed by atoms with Gasteiger partial charge in [0.25, 0.3) is 0 Å². The molecule has 0 spiro atoms. The first-order valence-corrected chi connectivity index (χ1v) is 4.40. The van der Waals surface area contributed by atoms with Crippen molar-refractivity contribution in [3.05, 3.63) is 23.3 Å². The second-order valence-corrected chi connectivity index (χ2v) is 3.41. The van der Waals surface area contributed by atoms with E-state index < -0.39 is 12.1 Å². The van der Waals surface area contributed by atoms with Crippen molar-refractivity contribution >= 4 is 0 Å². The van der Waals surface area contributed by atoms with E-state index in [9.17, 15) is 15.3 Å². The van der Waals surface area contributed by atoms with Gasteiger partial charge in [-0.15, -0.1) is 0 Å². The van der Waals surface area contributed by atoms with E-state index in [4.69, 9.17) is 5.73 Å². The molecule has 2 atom stereocenters. The van der Waals surface area contributed by atoms with E-state index in [0.717, 1.165) is 0 Å². The van der Waals surface area contributed by atoms with Crippen LogP contribution in [0.3, 0.4) is 0 Å². The maximum atomic E-state index is 9.65. The van der Waals surface area contributed by atoms with Gasteiger partial charge in [-0.3, -0.25) is 0 Å². The van der Waals surface area contributed by atoms with Crippen molar-refractivity contribution in [1.29, 1.82) is 0 Å². The fourth-order valence-corrected chi connectivity index (χ4v) is 1.24. The molecule has 2 unspecified atom stereocenters. The summed E-state index contributed by atoms with van der Waals surface area (Å²) in [5, 5.41) is 28.2. The van der Waals surface area contributed by atoms with Gasteiger partial charge in [-0.25, -0.2) is 0 Å². The second-order valence-electron chi connectivity index (χ2n) is 3.41. The summed E-state index contributed by atoms with van der Waals surface area (Å²) in [6.07, 6.45) is -0.746. The number of phenolic OH excluding ortho intramolecular Hbond substituents is 2. The minimum Gasteiger partial charge on any atom is -0.508 e. The Hall–Kier alpha value is -1.26. The van der Waals surface area contributed by atoms with Gasteiger partial charge in [-0.1, -0.05) is 0 Å². The van der Waals surface area contributed by atoms with Gasteiger partial charge >= 0.3 is 0 Å². The number of hydrogen-bond donors (Lipinski definition) is 4. The van der Waals surface area contributed by atoms with Gasteiger partial charge in [-0.2, -0.15) is 0 Å². The van der Waals surface area contributed by atoms with E-state index in [-0.39, 0.29) is 11.5 Å². The third-order valence-corrected chi connectivity index (χ3v) is 2.31. The molecule has 1 rings (SSSR count). The van der Waals surface area contributed by atoms with E-state index in [1.54, 1.807) is 13.8 Å². The van der Waals surface area contributed by atoms with Gasteiger partial charge < -0.3 is 21.1 Å². The molecule has 0 aliphatic rings. The largest absolute Gasteiger partial charge is 0.508 e. The summed E-state index contributed by atoms with van der Waals surface area (Å²) in [6, 6.07) is 2.32. The highest BCUT2D eigenvalue weighted by Gasteiger charge is 2.18. The SMILES string of the molecule is Cc1c(O)ccc(C(N)C(C)O)c1O. The van der Waals surface area contributed by atoms with Gasteiger partial charge in [0.05, 0.1) is 12.1 Å². The van der Waals surface area contributed by atoms with Crippen molar-refractivity contribution in [2.45, 2.75) is 26.0 Å². The number of aliphatic hydroxyl groups is 1. The Morgan fingerprint density at radius 2 is 1.86 bits per heavy atom. The molecule has 1 aromatic carbocycles. The van der Waals surface area contributed by atoms with Crippen molar-refractivity contribution < 1.29 is 15.3 Å². The summed E-state index contributed by atoms with van der Waals surface area (Å²) in [6.45, 7) is 3.13. The highest BCUT2D eigenvalue weighted by molar-refractivity contribution is 5.48. The number of rotatable bonds is 2. The molecule has 4 heteroatoms. The fourth-order valence-electron chi connectivity index (χ4n) is 1.24. The summed E-state index contributed by atoms with van der Waals surface area (Å²) in [7, 11) is 0. The van der Waals surface area contributed by atoms with Crippen LogP contribution in [0.5, 0.6) is 11.5 Å². The predicted octanol–water partition coefficient (Wildman–Crippen LogP) is 0.787. The lowest BCUT2D eigenvalue weighted by Gasteiger charge is -2.17. The Morgan fingerprint density at radius 1 is 1.29 bits per heavy atom. The molecule has 0 heterocycles. The normalized spacial score (nSPS) is 15.1. The fraction of sp³-hybridized carbons (Fsp3) is 0.400. The molecule has 78 valence electrons. The van der Waals surface area contributed by atoms with Crippen LogP contribution >= 0.6 is 0 Å². The summed E-state index contributed by atoms with van der Waals surface area (Å²) in [5.74, 6) is -0.0394. The summed E-state index contributed by atoms with van der Waals surface area (Å²) in [4.78, 5) is 0. The first-order chi connectivity index (χ1) is 6.45. The lowest BCUT2D eigenvalue weighted by molar-refractivity contribution is 0.162. The topological polar surface area (TPSA) is 86.7 Å². The van der Waals surface area contributed by atoms with E-state index in [2.05, 4.69) is 0 Å². The van der Waals surface area contributed by atoms with Crippen LogP contribution in [0.25, 0.3) is 0 Å². The van der Waals surface area contributed by atoms with Gasteiger partial charge in [0, 0.05) is 11.1 Å². The van der Waals surface area contributed by atoms with Crippen molar-refractivity contribution in [2.24, 2.45) is 5.73 Å². The van der Waals surface area contributed by atoms with Crippen molar-refractivity contribution in [2.75, 3.05) is 0 Å². The van der Waals surface area contributed by atoms with Gasteiger partial charge in [0.15, 0.2) is 0 Å². The smallest absolute Gasteiger partial charge is 0.127 e. The molecule has 4 nitrogen and oxygen atoms in total. The minimum absolute atomic E-state index is 0.0176. The zero-order valence-corrected chi connectivity index (χ0v) is 8.23. The Kier molecular flexibility index (Phi) is 2.98. The third kappa shape index (κ3) is 1.81. The number of aromatic hydroxyl groups is 2. The molecule has 0 radical (unpaired) electrons. The van der Waals surface area contributed by atoms with Crippen molar-refractivity contribution in [1.82, 2.24) is 0 Å². The number of nitrogens with two attached hydrogens (primary N) is 1. The molecule has 14 heavy (non-hydrogen) atoms. The number of aliphatic hydroxyl groups excluding tert-OH is 1. The first kappa shape index (κ1) is 10.8. The molecule has 5 N–H and O–H groups in total. The standard InChI is InChI=1S/C10H15NO3/c1-5-8(13)4-3-7(10(5)14)9(11)6(2)12/h3-4,6,9,12-14H,11H2,1-2H3. The molecule has 0 fully saturated rings. The van der Waals surface area contributed by atoms with E-state index in [1.165, 1.54) is 12.1 Å². The molecule has 1 aromatic rings. The Balaban J connectivity index is 3.17. The molecule has 0 aliphatic heterocycles. The molecule has 0 amide bonds. The highest BCUT2D eigenvalue weighted by Crippen LogP contribution is 2.33. The van der Waals surface area contributed by atoms with E-state index >= 15 is 0 Å². The third-order valence-electron chi connectivity index (χ3n) is 2.31. The Labute approximate surface area is 82.6 Å². The van der Waals surface area contributed by atoms with E-state index in [0.29, 0.717) is 11.1 Å². The summed E-state index contributed by atoms with van der Waals surface area (Å²) < 4.78 is 0. The van der Waals surface area contributed by atoms with Gasteiger partial charge in [-0.05, 0) is 26.0 Å². The summed E-state index contributed by atoms with van der Waals surface area (Å²) >= 11 is 0. The highest BCUT2D eigenvalue weighted by atomic mass is 16.3. The average molecular weight is 197 g/mol. The van der Waals surface area contributed by atoms with Crippen LogP contribution in [0, 0.1) is 6.92 Å². The van der Waals surface area contributed by atoms with Crippen LogP contribution in [-0.4, -0.2) is 21.4 Å².